The van der Waals surface area contributed by atoms with Crippen LogP contribution in [0.3, 0.4) is 0 Å². The van der Waals surface area contributed by atoms with Gasteiger partial charge in [-0.3, -0.25) is 4.79 Å². The van der Waals surface area contributed by atoms with Crippen LogP contribution in [0.1, 0.15) is 45.5 Å². The zero-order valence-electron chi connectivity index (χ0n) is 19.7. The third kappa shape index (κ3) is 5.14. The van der Waals surface area contributed by atoms with Crippen molar-refractivity contribution in [2.75, 3.05) is 19.8 Å². The van der Waals surface area contributed by atoms with Crippen LogP contribution in [-0.4, -0.2) is 41.8 Å². The van der Waals surface area contributed by atoms with E-state index in [0.29, 0.717) is 31.9 Å². The van der Waals surface area contributed by atoms with E-state index in [1.807, 2.05) is 48.5 Å². The minimum atomic E-state index is -2.82. The van der Waals surface area contributed by atoms with E-state index in [-0.39, 0.29) is 30.6 Å². The normalized spacial score (nSPS) is 17.2. The van der Waals surface area contributed by atoms with E-state index in [9.17, 15) is 18.7 Å². The topological polar surface area (TPSA) is 68.2 Å². The number of ether oxygens (including phenoxy) is 3. The van der Waals surface area contributed by atoms with Crippen LogP contribution in [0.5, 0.6) is 17.2 Å². The molecule has 1 amide bonds. The zero-order chi connectivity index (χ0) is 25.1. The van der Waals surface area contributed by atoms with Crippen LogP contribution >= 0.6 is 0 Å². The van der Waals surface area contributed by atoms with Crippen LogP contribution in [0.15, 0.2) is 60.7 Å². The molecule has 2 aliphatic heterocycles. The number of phenols is 1. The number of carbonyl (C=O) groups is 1. The molecule has 1 fully saturated rings. The molecule has 0 spiro atoms. The molecule has 2 aliphatic rings. The molecule has 1 saturated heterocycles. The van der Waals surface area contributed by atoms with Gasteiger partial charge >= 0.3 is 0 Å². The highest BCUT2D eigenvalue weighted by molar-refractivity contribution is 6.00. The minimum absolute atomic E-state index is 0.0356. The predicted octanol–water partition coefficient (Wildman–Crippen LogP) is 5.28. The number of carbonyl (C=O) groups excluding carboxylic acids is 1. The number of nitrogens with zero attached hydrogens (tertiary/aromatic N) is 1. The maximum absolute atomic E-state index is 13.6. The summed E-state index contributed by atoms with van der Waals surface area (Å²) in [4.78, 5) is 15.2. The van der Waals surface area contributed by atoms with Crippen LogP contribution < -0.4 is 9.47 Å². The van der Waals surface area contributed by atoms with Gasteiger partial charge in [-0.1, -0.05) is 42.5 Å². The molecule has 3 aromatic rings. The van der Waals surface area contributed by atoms with Crippen molar-refractivity contribution in [3.63, 3.8) is 0 Å². The van der Waals surface area contributed by atoms with Gasteiger partial charge in [0, 0.05) is 30.6 Å². The summed E-state index contributed by atoms with van der Waals surface area (Å²) in [6.07, 6.45) is -1.44. The Morgan fingerprint density at radius 1 is 1.11 bits per heavy atom. The number of hydrogen-bond donors (Lipinski definition) is 1. The number of amides is 1. The van der Waals surface area contributed by atoms with Gasteiger partial charge in [0.2, 0.25) is 0 Å². The summed E-state index contributed by atoms with van der Waals surface area (Å²) in [5, 5.41) is 10.7. The lowest BCUT2D eigenvalue weighted by molar-refractivity contribution is 0.0721. The first kappa shape index (κ1) is 24.1. The van der Waals surface area contributed by atoms with E-state index in [4.69, 9.17) is 14.2 Å². The molecule has 1 N–H and O–H groups in total. The smallest absolute Gasteiger partial charge is 0.264 e. The van der Waals surface area contributed by atoms with E-state index in [1.54, 1.807) is 4.90 Å². The number of aromatic hydroxyl groups is 1. The SMILES string of the molecule is O=C(c1c(O)cc(C(F)F)cc1OCc1ccccc1)N1CCc2cccc(OC3CCOC3)c2C1. The van der Waals surface area contributed by atoms with E-state index < -0.39 is 23.6 Å². The quantitative estimate of drug-likeness (QED) is 0.483. The van der Waals surface area contributed by atoms with E-state index in [0.717, 1.165) is 35.2 Å². The molecular formula is C28H27F2NO5. The molecule has 0 radical (unpaired) electrons. The summed E-state index contributed by atoms with van der Waals surface area (Å²) in [7, 11) is 0. The number of halogens is 2. The van der Waals surface area contributed by atoms with Crippen molar-refractivity contribution in [1.82, 2.24) is 4.90 Å². The highest BCUT2D eigenvalue weighted by Gasteiger charge is 2.30. The fourth-order valence-electron chi connectivity index (χ4n) is 4.59. The van der Waals surface area contributed by atoms with Crippen LogP contribution in [0.25, 0.3) is 0 Å². The minimum Gasteiger partial charge on any atom is -0.507 e. The average molecular weight is 496 g/mol. The first-order valence-electron chi connectivity index (χ1n) is 12.0. The first-order chi connectivity index (χ1) is 17.5. The number of benzene rings is 3. The number of hydrogen-bond acceptors (Lipinski definition) is 5. The summed E-state index contributed by atoms with van der Waals surface area (Å²) in [6, 6.07) is 17.1. The van der Waals surface area contributed by atoms with Gasteiger partial charge in [0.25, 0.3) is 12.3 Å². The monoisotopic (exact) mass is 495 g/mol. The lowest BCUT2D eigenvalue weighted by Crippen LogP contribution is -2.36. The molecule has 6 nitrogen and oxygen atoms in total. The maximum atomic E-state index is 13.6. The molecule has 5 rings (SSSR count). The van der Waals surface area contributed by atoms with Crippen LogP contribution in [-0.2, 0) is 24.3 Å². The summed E-state index contributed by atoms with van der Waals surface area (Å²) >= 11 is 0. The molecule has 1 atom stereocenters. The Balaban J connectivity index is 1.42. The molecule has 0 bridgehead atoms. The molecule has 36 heavy (non-hydrogen) atoms. The van der Waals surface area contributed by atoms with Crippen molar-refractivity contribution in [3.05, 3.63) is 88.5 Å². The maximum Gasteiger partial charge on any atom is 0.264 e. The highest BCUT2D eigenvalue weighted by atomic mass is 19.3. The van der Waals surface area contributed by atoms with Crippen molar-refractivity contribution >= 4 is 5.91 Å². The molecule has 188 valence electrons. The van der Waals surface area contributed by atoms with E-state index in [1.165, 1.54) is 0 Å². The van der Waals surface area contributed by atoms with Crippen molar-refractivity contribution < 1.29 is 32.9 Å². The Morgan fingerprint density at radius 3 is 2.69 bits per heavy atom. The van der Waals surface area contributed by atoms with Crippen molar-refractivity contribution in [1.29, 1.82) is 0 Å². The Morgan fingerprint density at radius 2 is 1.94 bits per heavy atom. The lowest BCUT2D eigenvalue weighted by Gasteiger charge is -2.31. The lowest BCUT2D eigenvalue weighted by atomic mass is 9.97. The van der Waals surface area contributed by atoms with Gasteiger partial charge in [-0.2, -0.15) is 0 Å². The van der Waals surface area contributed by atoms with Crippen LogP contribution in [0.2, 0.25) is 0 Å². The molecule has 1 unspecified atom stereocenters. The summed E-state index contributed by atoms with van der Waals surface area (Å²) in [5.41, 5.74) is 2.27. The number of phenolic OH excluding ortho intramolecular Hbond substituents is 1. The van der Waals surface area contributed by atoms with Gasteiger partial charge in [-0.25, -0.2) is 8.78 Å². The third-order valence-corrected chi connectivity index (χ3v) is 6.51. The Kier molecular flexibility index (Phi) is 7.04. The van der Waals surface area contributed by atoms with Crippen molar-refractivity contribution in [2.24, 2.45) is 0 Å². The van der Waals surface area contributed by atoms with Crippen LogP contribution in [0, 0.1) is 0 Å². The fraction of sp³-hybridized carbons (Fsp3) is 0.321. The Bertz CT molecular complexity index is 1230. The van der Waals surface area contributed by atoms with Gasteiger partial charge in [-0.05, 0) is 35.7 Å². The second kappa shape index (κ2) is 10.5. The second-order valence-corrected chi connectivity index (χ2v) is 8.96. The standard InChI is InChI=1S/C28H27F2NO5/c29-27(30)20-13-23(32)26(25(14-20)35-16-18-5-2-1-3-6-18)28(33)31-11-9-19-7-4-8-24(22(19)15-31)36-21-10-12-34-17-21/h1-8,13-14,21,27,32H,9-12,15-17H2. The Hall–Kier alpha value is -3.65. The van der Waals surface area contributed by atoms with E-state index >= 15 is 0 Å². The first-order valence-corrected chi connectivity index (χ1v) is 12.0. The van der Waals surface area contributed by atoms with Gasteiger partial charge < -0.3 is 24.2 Å². The fourth-order valence-corrected chi connectivity index (χ4v) is 4.59. The van der Waals surface area contributed by atoms with Gasteiger partial charge in [0.15, 0.2) is 0 Å². The number of alkyl halides is 2. The molecule has 0 aliphatic carbocycles. The predicted molar refractivity (Wildman–Crippen MR) is 129 cm³/mol. The molecule has 0 saturated carbocycles. The molecule has 0 aromatic heterocycles. The molecular weight excluding hydrogens is 468 g/mol. The second-order valence-electron chi connectivity index (χ2n) is 8.96. The van der Waals surface area contributed by atoms with Gasteiger partial charge in [-0.15, -0.1) is 0 Å². The summed E-state index contributed by atoms with van der Waals surface area (Å²) in [6.45, 7) is 1.93. The number of rotatable bonds is 7. The molecule has 3 aromatic carbocycles. The van der Waals surface area contributed by atoms with E-state index in [2.05, 4.69) is 0 Å². The van der Waals surface area contributed by atoms with Crippen molar-refractivity contribution in [3.8, 4) is 17.2 Å². The van der Waals surface area contributed by atoms with Gasteiger partial charge in [0.05, 0.1) is 13.2 Å². The highest BCUT2D eigenvalue weighted by Crippen LogP contribution is 2.37. The van der Waals surface area contributed by atoms with Crippen LogP contribution in [0.4, 0.5) is 8.78 Å². The van der Waals surface area contributed by atoms with Crippen molar-refractivity contribution in [2.45, 2.75) is 38.5 Å². The summed E-state index contributed by atoms with van der Waals surface area (Å²) < 4.78 is 44.3. The Labute approximate surface area is 208 Å². The molecule has 8 heteroatoms. The third-order valence-electron chi connectivity index (χ3n) is 6.51. The van der Waals surface area contributed by atoms with Gasteiger partial charge in [0.1, 0.15) is 35.5 Å². The number of fused-ring (bicyclic) bond motifs is 1. The molecule has 2 heterocycles. The zero-order valence-corrected chi connectivity index (χ0v) is 19.7. The summed E-state index contributed by atoms with van der Waals surface area (Å²) in [5.74, 6) is -0.378. The average Bonchev–Trinajstić information content (AvgIpc) is 3.40. The largest absolute Gasteiger partial charge is 0.507 e.